The zero-order valence-electron chi connectivity index (χ0n) is 15.6. The molecule has 0 bridgehead atoms. The van der Waals surface area contributed by atoms with Crippen molar-refractivity contribution in [3.05, 3.63) is 52.5 Å². The summed E-state index contributed by atoms with van der Waals surface area (Å²) in [6, 6.07) is 8.92. The van der Waals surface area contributed by atoms with Gasteiger partial charge in [-0.3, -0.25) is 4.79 Å². The monoisotopic (exact) mass is 391 g/mol. The molecule has 0 aliphatic rings. The fraction of sp³-hybridized carbons (Fsp3) is 0.300. The Morgan fingerprint density at radius 3 is 2.26 bits per heavy atom. The number of carboxylic acids is 1. The van der Waals surface area contributed by atoms with Gasteiger partial charge in [0.05, 0.1) is 24.3 Å². The van der Waals surface area contributed by atoms with Crippen LogP contribution in [0.25, 0.3) is 0 Å². The number of methoxy groups -OCH3 is 1. The van der Waals surface area contributed by atoms with Crippen molar-refractivity contribution < 1.29 is 24.2 Å². The second-order valence-electron chi connectivity index (χ2n) is 7.18. The molecule has 1 amide bonds. The van der Waals surface area contributed by atoms with Gasteiger partial charge in [-0.1, -0.05) is 32.4 Å². The van der Waals surface area contributed by atoms with Crippen molar-refractivity contribution in [3.8, 4) is 11.5 Å². The van der Waals surface area contributed by atoms with E-state index < -0.39 is 11.9 Å². The predicted molar refractivity (Wildman–Crippen MR) is 104 cm³/mol. The zero-order chi connectivity index (χ0) is 20.2. The molecule has 6 nitrogen and oxygen atoms in total. The van der Waals surface area contributed by atoms with Gasteiger partial charge in [-0.25, -0.2) is 4.79 Å². The number of aromatic carboxylic acids is 1. The Kier molecular flexibility index (Phi) is 6.33. The molecule has 0 atom stereocenters. The number of carboxylic acid groups (broad SMARTS) is 1. The molecule has 0 aliphatic heterocycles. The fourth-order valence-corrected chi connectivity index (χ4v) is 2.49. The summed E-state index contributed by atoms with van der Waals surface area (Å²) in [5.41, 5.74) is 0.821. The number of halogens is 1. The van der Waals surface area contributed by atoms with Crippen molar-refractivity contribution in [3.63, 3.8) is 0 Å². The lowest BCUT2D eigenvalue weighted by atomic mass is 9.99. The maximum absolute atomic E-state index is 12.6. The first-order valence-electron chi connectivity index (χ1n) is 8.26. The van der Waals surface area contributed by atoms with Gasteiger partial charge in [-0.2, -0.15) is 0 Å². The number of nitrogens with one attached hydrogen (secondary N) is 1. The summed E-state index contributed by atoms with van der Waals surface area (Å²) < 4.78 is 11.1. The van der Waals surface area contributed by atoms with Crippen LogP contribution in [-0.4, -0.2) is 30.7 Å². The van der Waals surface area contributed by atoms with E-state index >= 15 is 0 Å². The number of hydrogen-bond donors (Lipinski definition) is 2. The Morgan fingerprint density at radius 1 is 1.11 bits per heavy atom. The van der Waals surface area contributed by atoms with E-state index in [-0.39, 0.29) is 16.0 Å². The van der Waals surface area contributed by atoms with Crippen molar-refractivity contribution in [1.82, 2.24) is 0 Å². The van der Waals surface area contributed by atoms with Crippen molar-refractivity contribution >= 4 is 29.2 Å². The molecule has 0 spiro atoms. The summed E-state index contributed by atoms with van der Waals surface area (Å²) in [5, 5.41) is 11.9. The molecule has 2 N–H and O–H groups in total. The third kappa shape index (κ3) is 5.62. The minimum absolute atomic E-state index is 0.0817. The molecule has 144 valence electrons. The van der Waals surface area contributed by atoms with E-state index in [0.717, 1.165) is 0 Å². The molecule has 0 aliphatic carbocycles. The lowest BCUT2D eigenvalue weighted by molar-refractivity contribution is 0.0696. The van der Waals surface area contributed by atoms with E-state index in [1.165, 1.54) is 37.4 Å². The van der Waals surface area contributed by atoms with Crippen molar-refractivity contribution in [2.75, 3.05) is 19.0 Å². The lowest BCUT2D eigenvalue weighted by Crippen LogP contribution is -2.18. The highest BCUT2D eigenvalue weighted by molar-refractivity contribution is 6.32. The highest BCUT2D eigenvalue weighted by atomic mass is 35.5. The third-order valence-electron chi connectivity index (χ3n) is 3.53. The highest BCUT2D eigenvalue weighted by Crippen LogP contribution is 2.37. The van der Waals surface area contributed by atoms with Crippen molar-refractivity contribution in [1.29, 1.82) is 0 Å². The summed E-state index contributed by atoms with van der Waals surface area (Å²) in [6.45, 7) is 6.50. The van der Waals surface area contributed by atoms with Gasteiger partial charge < -0.3 is 19.9 Å². The van der Waals surface area contributed by atoms with Crippen LogP contribution < -0.4 is 14.8 Å². The van der Waals surface area contributed by atoms with E-state index in [9.17, 15) is 9.59 Å². The van der Waals surface area contributed by atoms with Crippen LogP contribution in [0.2, 0.25) is 5.02 Å². The number of carbonyl (C=O) groups excluding carboxylic acids is 1. The average Bonchev–Trinajstić information content (AvgIpc) is 2.59. The van der Waals surface area contributed by atoms with Crippen LogP contribution in [0.15, 0.2) is 36.4 Å². The summed E-state index contributed by atoms with van der Waals surface area (Å²) in [7, 11) is 1.48. The summed E-state index contributed by atoms with van der Waals surface area (Å²) in [4.78, 5) is 23.5. The molecule has 2 rings (SSSR count). The van der Waals surface area contributed by atoms with Crippen LogP contribution in [0, 0.1) is 5.41 Å². The fourth-order valence-electron chi connectivity index (χ4n) is 2.20. The van der Waals surface area contributed by atoms with E-state index in [1.54, 1.807) is 6.07 Å². The number of ether oxygens (including phenoxy) is 2. The molecule has 0 radical (unpaired) electrons. The van der Waals surface area contributed by atoms with Gasteiger partial charge in [-0.15, -0.1) is 0 Å². The third-order valence-corrected chi connectivity index (χ3v) is 3.81. The van der Waals surface area contributed by atoms with Crippen LogP contribution in [0.1, 0.15) is 41.5 Å². The van der Waals surface area contributed by atoms with Crippen LogP contribution in [0.5, 0.6) is 11.5 Å². The number of carbonyl (C=O) groups is 2. The topological polar surface area (TPSA) is 84.9 Å². The zero-order valence-corrected chi connectivity index (χ0v) is 16.4. The van der Waals surface area contributed by atoms with E-state index in [4.69, 9.17) is 26.2 Å². The van der Waals surface area contributed by atoms with Crippen molar-refractivity contribution in [2.45, 2.75) is 20.8 Å². The van der Waals surface area contributed by atoms with E-state index in [0.29, 0.717) is 29.4 Å². The molecule has 7 heteroatoms. The normalized spacial score (nSPS) is 11.0. The maximum Gasteiger partial charge on any atom is 0.335 e. The Hall–Kier alpha value is -2.73. The van der Waals surface area contributed by atoms with E-state index in [1.807, 2.05) is 20.8 Å². The molecule has 2 aromatic rings. The minimum Gasteiger partial charge on any atom is -0.491 e. The molecular formula is C20H22ClNO5. The summed E-state index contributed by atoms with van der Waals surface area (Å²) in [5.74, 6) is -0.687. The van der Waals surface area contributed by atoms with Gasteiger partial charge in [0.2, 0.25) is 0 Å². The predicted octanol–water partition coefficient (Wildman–Crippen LogP) is 4.72. The number of amides is 1. The second kappa shape index (κ2) is 8.31. The highest BCUT2D eigenvalue weighted by Gasteiger charge is 2.19. The standard InChI is InChI=1S/C20H22ClNO5/c1-20(2,3)11-27-16-10-13(9-15(21)17(16)26-4)18(23)22-14-7-5-12(6-8-14)19(24)25/h5-10H,11H2,1-4H3,(H,22,23)(H,24,25). The van der Waals surface area contributed by atoms with Crippen LogP contribution in [-0.2, 0) is 0 Å². The van der Waals surface area contributed by atoms with Gasteiger partial charge in [0, 0.05) is 11.3 Å². The average molecular weight is 392 g/mol. The maximum atomic E-state index is 12.6. The summed E-state index contributed by atoms with van der Waals surface area (Å²) in [6.07, 6.45) is 0. The van der Waals surface area contributed by atoms with Crippen LogP contribution >= 0.6 is 11.6 Å². The Balaban J connectivity index is 2.24. The Labute approximate surface area is 163 Å². The quantitative estimate of drug-likeness (QED) is 0.743. The van der Waals surface area contributed by atoms with Gasteiger partial charge in [0.15, 0.2) is 11.5 Å². The first kappa shape index (κ1) is 20.6. The molecule has 27 heavy (non-hydrogen) atoms. The molecular weight excluding hydrogens is 370 g/mol. The Bertz CT molecular complexity index is 841. The lowest BCUT2D eigenvalue weighted by Gasteiger charge is -2.21. The molecule has 0 saturated heterocycles. The Morgan fingerprint density at radius 2 is 1.74 bits per heavy atom. The van der Waals surface area contributed by atoms with E-state index in [2.05, 4.69) is 5.32 Å². The number of rotatable bonds is 6. The van der Waals surface area contributed by atoms with Gasteiger partial charge in [0.25, 0.3) is 5.91 Å². The number of benzene rings is 2. The molecule has 0 aromatic heterocycles. The van der Waals surface area contributed by atoms with Gasteiger partial charge >= 0.3 is 5.97 Å². The number of anilines is 1. The molecule has 0 unspecified atom stereocenters. The van der Waals surface area contributed by atoms with Crippen molar-refractivity contribution in [2.24, 2.45) is 5.41 Å². The molecule has 0 heterocycles. The molecule has 0 saturated carbocycles. The van der Waals surface area contributed by atoms with Gasteiger partial charge in [0.1, 0.15) is 0 Å². The van der Waals surface area contributed by atoms with Crippen LogP contribution in [0.3, 0.4) is 0 Å². The first-order chi connectivity index (χ1) is 12.6. The second-order valence-corrected chi connectivity index (χ2v) is 7.58. The SMILES string of the molecule is COc1c(Cl)cc(C(=O)Nc2ccc(C(=O)O)cc2)cc1OCC(C)(C)C. The molecule has 2 aromatic carbocycles. The largest absolute Gasteiger partial charge is 0.491 e. The van der Waals surface area contributed by atoms with Gasteiger partial charge in [-0.05, 0) is 41.8 Å². The first-order valence-corrected chi connectivity index (χ1v) is 8.63. The molecule has 0 fully saturated rings. The minimum atomic E-state index is -1.03. The summed E-state index contributed by atoms with van der Waals surface area (Å²) >= 11 is 6.24. The van der Waals surface area contributed by atoms with Crippen LogP contribution in [0.4, 0.5) is 5.69 Å². The smallest absolute Gasteiger partial charge is 0.335 e. The number of hydrogen-bond acceptors (Lipinski definition) is 4.